The van der Waals surface area contributed by atoms with Gasteiger partial charge in [-0.3, -0.25) is 0 Å². The van der Waals surface area contributed by atoms with Crippen molar-refractivity contribution in [1.29, 1.82) is 0 Å². The molecule has 7 aromatic rings. The fraction of sp³-hybridized carbons (Fsp3) is 0.0714. The number of benzene rings is 6. The molecule has 1 aromatic heterocycles. The Morgan fingerprint density at radius 2 is 0.652 bits per heavy atom. The molecule has 0 aliphatic heterocycles. The summed E-state index contributed by atoms with van der Waals surface area (Å²) in [7, 11) is -1.31. The molecule has 6 aromatic carbocycles. The molecular formula is C42H35N3Si. The summed E-state index contributed by atoms with van der Waals surface area (Å²) in [6.07, 6.45) is 0. The molecule has 0 amide bonds. The molecule has 0 fully saturated rings. The molecule has 0 aliphatic carbocycles. The molecule has 0 saturated carbocycles. The van der Waals surface area contributed by atoms with Crippen LogP contribution in [0, 0.1) is 0 Å². The molecule has 7 rings (SSSR count). The molecular weight excluding hydrogens is 575 g/mol. The lowest BCUT2D eigenvalue weighted by molar-refractivity contribution is 1.07. The third kappa shape index (κ3) is 6.21. The van der Waals surface area contributed by atoms with Crippen molar-refractivity contribution in [2.75, 3.05) is 0 Å². The van der Waals surface area contributed by atoms with E-state index in [-0.39, 0.29) is 0 Å². The zero-order chi connectivity index (χ0) is 31.5. The van der Waals surface area contributed by atoms with Crippen LogP contribution in [-0.4, -0.2) is 23.0 Å². The molecule has 0 spiro atoms. The Labute approximate surface area is 272 Å². The van der Waals surface area contributed by atoms with Crippen molar-refractivity contribution in [2.24, 2.45) is 0 Å². The topological polar surface area (TPSA) is 38.7 Å². The van der Waals surface area contributed by atoms with Gasteiger partial charge in [0.2, 0.25) is 0 Å². The van der Waals surface area contributed by atoms with Crippen LogP contribution in [0.5, 0.6) is 0 Å². The predicted octanol–water partition coefficient (Wildman–Crippen LogP) is 10.4. The van der Waals surface area contributed by atoms with Gasteiger partial charge in [-0.25, -0.2) is 15.0 Å². The van der Waals surface area contributed by atoms with Crippen molar-refractivity contribution in [3.63, 3.8) is 0 Å². The lowest BCUT2D eigenvalue weighted by atomic mass is 9.99. The Hall–Kier alpha value is -5.45. The number of hydrogen-bond donors (Lipinski definition) is 0. The Morgan fingerprint density at radius 3 is 1.13 bits per heavy atom. The highest BCUT2D eigenvalue weighted by Crippen LogP contribution is 2.33. The van der Waals surface area contributed by atoms with Gasteiger partial charge in [0.15, 0.2) is 17.5 Å². The van der Waals surface area contributed by atoms with Gasteiger partial charge in [0, 0.05) is 16.7 Å². The molecule has 0 saturated heterocycles. The van der Waals surface area contributed by atoms with Gasteiger partial charge in [-0.2, -0.15) is 0 Å². The first-order chi connectivity index (χ1) is 22.4. The first-order valence-corrected chi connectivity index (χ1v) is 19.2. The summed E-state index contributed by atoms with van der Waals surface area (Å²) in [6.45, 7) is 7.15. The highest BCUT2D eigenvalue weighted by molar-refractivity contribution is 6.88. The van der Waals surface area contributed by atoms with E-state index < -0.39 is 8.07 Å². The van der Waals surface area contributed by atoms with E-state index in [4.69, 9.17) is 15.0 Å². The van der Waals surface area contributed by atoms with E-state index in [0.717, 1.165) is 33.4 Å². The van der Waals surface area contributed by atoms with Crippen molar-refractivity contribution < 1.29 is 0 Å². The average Bonchev–Trinajstić information content (AvgIpc) is 3.12. The van der Waals surface area contributed by atoms with Gasteiger partial charge in [-0.05, 0) is 33.4 Å². The highest BCUT2D eigenvalue weighted by atomic mass is 28.3. The van der Waals surface area contributed by atoms with Crippen molar-refractivity contribution in [2.45, 2.75) is 19.6 Å². The third-order valence-corrected chi connectivity index (χ3v) is 10.4. The van der Waals surface area contributed by atoms with E-state index in [9.17, 15) is 0 Å². The van der Waals surface area contributed by atoms with Crippen LogP contribution in [0.4, 0.5) is 0 Å². The predicted molar refractivity (Wildman–Crippen MR) is 195 cm³/mol. The number of rotatable bonds is 7. The van der Waals surface area contributed by atoms with Gasteiger partial charge in [0.1, 0.15) is 0 Å². The molecule has 0 bridgehead atoms. The minimum absolute atomic E-state index is 0.649. The zero-order valence-electron chi connectivity index (χ0n) is 26.4. The fourth-order valence-electron chi connectivity index (χ4n) is 5.72. The smallest absolute Gasteiger partial charge is 0.164 e. The first kappa shape index (κ1) is 29.3. The van der Waals surface area contributed by atoms with Gasteiger partial charge >= 0.3 is 0 Å². The normalized spacial score (nSPS) is 11.4. The van der Waals surface area contributed by atoms with Gasteiger partial charge in [-0.15, -0.1) is 0 Å². The summed E-state index contributed by atoms with van der Waals surface area (Å²) >= 11 is 0. The lowest BCUT2D eigenvalue weighted by Crippen LogP contribution is -2.37. The van der Waals surface area contributed by atoms with Crippen molar-refractivity contribution in [3.8, 4) is 67.5 Å². The van der Waals surface area contributed by atoms with Gasteiger partial charge in [0.25, 0.3) is 0 Å². The summed E-state index contributed by atoms with van der Waals surface area (Å²) in [5.41, 5.74) is 9.88. The molecule has 0 atom stereocenters. The van der Waals surface area contributed by atoms with Gasteiger partial charge in [0.05, 0.1) is 8.07 Å². The molecule has 4 heteroatoms. The average molecular weight is 610 g/mol. The molecule has 0 radical (unpaired) electrons. The Balaban J connectivity index is 1.22. The molecule has 0 aliphatic rings. The zero-order valence-corrected chi connectivity index (χ0v) is 27.4. The second-order valence-corrected chi connectivity index (χ2v) is 17.6. The summed E-state index contributed by atoms with van der Waals surface area (Å²) in [6, 6.07) is 55.2. The highest BCUT2D eigenvalue weighted by Gasteiger charge is 2.17. The number of nitrogens with zero attached hydrogens (tertiary/aromatic N) is 3. The second kappa shape index (κ2) is 12.5. The van der Waals surface area contributed by atoms with Gasteiger partial charge in [-0.1, -0.05) is 183 Å². The molecule has 222 valence electrons. The summed E-state index contributed by atoms with van der Waals surface area (Å²) in [5.74, 6) is 1.96. The maximum Gasteiger partial charge on any atom is 0.164 e. The second-order valence-electron chi connectivity index (χ2n) is 12.6. The van der Waals surface area contributed by atoms with Crippen LogP contribution in [0.25, 0.3) is 67.5 Å². The van der Waals surface area contributed by atoms with Crippen molar-refractivity contribution in [3.05, 3.63) is 158 Å². The van der Waals surface area contributed by atoms with E-state index in [1.54, 1.807) is 0 Å². The van der Waals surface area contributed by atoms with Crippen LogP contribution in [-0.2, 0) is 0 Å². The molecule has 0 unspecified atom stereocenters. The summed E-state index contributed by atoms with van der Waals surface area (Å²) < 4.78 is 0. The number of hydrogen-bond acceptors (Lipinski definition) is 3. The minimum Gasteiger partial charge on any atom is -0.208 e. The van der Waals surface area contributed by atoms with Crippen molar-refractivity contribution >= 4 is 13.3 Å². The monoisotopic (exact) mass is 609 g/mol. The maximum atomic E-state index is 5.03. The lowest BCUT2D eigenvalue weighted by Gasteiger charge is -2.16. The molecule has 1 heterocycles. The van der Waals surface area contributed by atoms with E-state index in [2.05, 4.69) is 135 Å². The molecule has 46 heavy (non-hydrogen) atoms. The molecule has 0 N–H and O–H groups in total. The Kier molecular flexibility index (Phi) is 7.96. The standard InChI is InChI=1S/C42H35N3Si/c1-46(2,3)37-28-26-33(27-29-37)31-20-18-30(19-21-31)32-22-24-36(25-23-32)41-43-40(35-14-8-5-9-15-35)44-42(45-41)39-17-11-10-16-38(39)34-12-6-4-7-13-34/h4-29H,1-3H3. The summed E-state index contributed by atoms with van der Waals surface area (Å²) in [4.78, 5) is 15.0. The van der Waals surface area contributed by atoms with E-state index in [1.165, 1.54) is 21.9 Å². The van der Waals surface area contributed by atoms with Crippen LogP contribution in [0.2, 0.25) is 19.6 Å². The quantitative estimate of drug-likeness (QED) is 0.169. The minimum atomic E-state index is -1.31. The molecule has 3 nitrogen and oxygen atoms in total. The Bertz CT molecular complexity index is 2080. The third-order valence-electron chi connectivity index (χ3n) is 8.37. The summed E-state index contributed by atoms with van der Waals surface area (Å²) in [5, 5.41) is 1.48. The SMILES string of the molecule is C[Si](C)(C)c1ccc(-c2ccc(-c3ccc(-c4nc(-c5ccccc5)nc(-c5ccccc5-c5ccccc5)n4)cc3)cc2)cc1. The van der Waals surface area contributed by atoms with Crippen LogP contribution < -0.4 is 5.19 Å². The number of aromatic nitrogens is 3. The largest absolute Gasteiger partial charge is 0.208 e. The van der Waals surface area contributed by atoms with E-state index in [0.29, 0.717) is 17.5 Å². The first-order valence-electron chi connectivity index (χ1n) is 15.7. The van der Waals surface area contributed by atoms with E-state index in [1.807, 2.05) is 42.5 Å². The fourth-order valence-corrected chi connectivity index (χ4v) is 6.89. The van der Waals surface area contributed by atoms with Crippen molar-refractivity contribution in [1.82, 2.24) is 15.0 Å². The van der Waals surface area contributed by atoms with Crippen LogP contribution in [0.15, 0.2) is 158 Å². The van der Waals surface area contributed by atoms with Crippen LogP contribution in [0.3, 0.4) is 0 Å². The maximum absolute atomic E-state index is 5.03. The van der Waals surface area contributed by atoms with Crippen LogP contribution in [0.1, 0.15) is 0 Å². The van der Waals surface area contributed by atoms with Crippen LogP contribution >= 0.6 is 0 Å². The van der Waals surface area contributed by atoms with E-state index >= 15 is 0 Å². The van der Waals surface area contributed by atoms with Gasteiger partial charge < -0.3 is 0 Å². The Morgan fingerprint density at radius 1 is 0.304 bits per heavy atom.